The van der Waals surface area contributed by atoms with Crippen LogP contribution in [0.2, 0.25) is 0 Å². The molecule has 10 heteroatoms. The van der Waals surface area contributed by atoms with Gasteiger partial charge in [-0.2, -0.15) is 0 Å². The predicted molar refractivity (Wildman–Crippen MR) is 180 cm³/mol. The van der Waals surface area contributed by atoms with Gasteiger partial charge in [-0.3, -0.25) is 14.5 Å². The number of amides is 3. The fourth-order valence-electron chi connectivity index (χ4n) is 6.58. The lowest BCUT2D eigenvalue weighted by molar-refractivity contribution is -0.133. The molecule has 0 bridgehead atoms. The average Bonchev–Trinajstić information content (AvgIpc) is 3.52. The lowest BCUT2D eigenvalue weighted by Gasteiger charge is -2.39. The van der Waals surface area contributed by atoms with Gasteiger partial charge in [-0.05, 0) is 56.9 Å². The van der Waals surface area contributed by atoms with Gasteiger partial charge in [-0.15, -0.1) is 6.58 Å². The summed E-state index contributed by atoms with van der Waals surface area (Å²) in [5.74, 6) is -0.247. The van der Waals surface area contributed by atoms with Crippen molar-refractivity contribution >= 4 is 17.9 Å². The topological polar surface area (TPSA) is 148 Å². The third-order valence-corrected chi connectivity index (χ3v) is 9.20. The number of nitrogens with one attached hydrogen (secondary N) is 3. The van der Waals surface area contributed by atoms with Crippen molar-refractivity contribution in [3.8, 4) is 0 Å². The van der Waals surface area contributed by atoms with E-state index < -0.39 is 47.7 Å². The highest BCUT2D eigenvalue weighted by atomic mass is 16.4. The summed E-state index contributed by atoms with van der Waals surface area (Å²) in [4.78, 5) is 49.0. The van der Waals surface area contributed by atoms with E-state index in [1.54, 1.807) is 27.0 Å². The molecular weight excluding hydrogens is 582 g/mol. The lowest BCUT2D eigenvalue weighted by atomic mass is 9.81. The van der Waals surface area contributed by atoms with E-state index in [9.17, 15) is 24.6 Å². The van der Waals surface area contributed by atoms with Crippen molar-refractivity contribution in [1.82, 2.24) is 25.5 Å². The van der Waals surface area contributed by atoms with Crippen molar-refractivity contribution in [2.75, 3.05) is 0 Å². The molecule has 3 rings (SSSR count). The molecular formula is C36H55N5O5. The van der Waals surface area contributed by atoms with Gasteiger partial charge in [-0.25, -0.2) is 9.78 Å². The van der Waals surface area contributed by atoms with Crippen LogP contribution in [0.25, 0.3) is 0 Å². The number of hydrogen-bond donors (Lipinski definition) is 5. The fourth-order valence-corrected chi connectivity index (χ4v) is 6.58. The zero-order chi connectivity index (χ0) is 33.9. The quantitative estimate of drug-likeness (QED) is 0.154. The van der Waals surface area contributed by atoms with Crippen molar-refractivity contribution in [3.05, 3.63) is 66.8 Å². The highest BCUT2D eigenvalue weighted by Gasteiger charge is 2.39. The number of imidazole rings is 1. The molecule has 0 aliphatic heterocycles. The number of carboxylic acid groups (broad SMARTS) is 1. The zero-order valence-corrected chi connectivity index (χ0v) is 28.2. The number of aromatic amines is 1. The van der Waals surface area contributed by atoms with Crippen molar-refractivity contribution in [2.45, 2.75) is 122 Å². The van der Waals surface area contributed by atoms with E-state index in [0.717, 1.165) is 36.1 Å². The number of benzene rings is 1. The van der Waals surface area contributed by atoms with E-state index in [-0.39, 0.29) is 24.7 Å². The van der Waals surface area contributed by atoms with Crippen molar-refractivity contribution in [1.29, 1.82) is 0 Å². The van der Waals surface area contributed by atoms with Crippen LogP contribution in [0, 0.1) is 17.8 Å². The molecule has 5 N–H and O–H groups in total. The summed E-state index contributed by atoms with van der Waals surface area (Å²) in [5.41, 5.74) is 0.545. The minimum atomic E-state index is -1.23. The van der Waals surface area contributed by atoms with Gasteiger partial charge in [0.05, 0.1) is 18.5 Å². The second kappa shape index (κ2) is 17.3. The number of carbonyl (C=O) groups is 3. The Kier molecular flexibility index (Phi) is 13.9. The predicted octanol–water partition coefficient (Wildman–Crippen LogP) is 5.49. The van der Waals surface area contributed by atoms with Gasteiger partial charge in [0.15, 0.2) is 0 Å². The SMILES string of the molecule is C=C[C@@H](C[C@@H](O)[C@H](CC1CCCCC1)NC(=O)[C@H](Cc1cnc[nH]1)NC(=O)[C@H](Cc1ccccc1)N(C(=O)O)C(C)(C)C)C(C)C. The van der Waals surface area contributed by atoms with E-state index in [1.165, 1.54) is 12.7 Å². The fraction of sp³-hybridized carbons (Fsp3) is 0.611. The van der Waals surface area contributed by atoms with Gasteiger partial charge < -0.3 is 25.8 Å². The molecule has 0 unspecified atom stereocenters. The van der Waals surface area contributed by atoms with E-state index >= 15 is 0 Å². The van der Waals surface area contributed by atoms with E-state index in [2.05, 4.69) is 41.0 Å². The van der Waals surface area contributed by atoms with Crippen LogP contribution < -0.4 is 10.6 Å². The molecule has 10 nitrogen and oxygen atoms in total. The molecule has 5 atom stereocenters. The maximum absolute atomic E-state index is 14.1. The molecule has 0 radical (unpaired) electrons. The largest absolute Gasteiger partial charge is 0.465 e. The molecule has 1 aliphatic carbocycles. The first-order chi connectivity index (χ1) is 21.8. The second-order valence-electron chi connectivity index (χ2n) is 14.2. The monoisotopic (exact) mass is 637 g/mol. The number of carbonyl (C=O) groups excluding carboxylic acids is 2. The van der Waals surface area contributed by atoms with Gasteiger partial charge in [0.2, 0.25) is 11.8 Å². The molecule has 2 aromatic rings. The molecule has 1 aliphatic rings. The third-order valence-electron chi connectivity index (χ3n) is 9.20. The van der Waals surface area contributed by atoms with Crippen LogP contribution >= 0.6 is 0 Å². The number of H-pyrrole nitrogens is 1. The Hall–Kier alpha value is -3.66. The second-order valence-corrected chi connectivity index (χ2v) is 14.2. The third kappa shape index (κ3) is 11.0. The Morgan fingerprint density at radius 2 is 1.74 bits per heavy atom. The van der Waals surface area contributed by atoms with Gasteiger partial charge in [0.25, 0.3) is 0 Å². The van der Waals surface area contributed by atoms with Crippen molar-refractivity contribution < 1.29 is 24.6 Å². The molecule has 1 aromatic heterocycles. The maximum atomic E-state index is 14.1. The molecule has 1 saturated carbocycles. The van der Waals surface area contributed by atoms with E-state index in [1.807, 2.05) is 36.4 Å². The number of rotatable bonds is 16. The van der Waals surface area contributed by atoms with E-state index in [4.69, 9.17) is 0 Å². The summed E-state index contributed by atoms with van der Waals surface area (Å²) in [7, 11) is 0. The lowest BCUT2D eigenvalue weighted by Crippen LogP contribution is -2.61. The van der Waals surface area contributed by atoms with Crippen LogP contribution in [-0.2, 0) is 22.4 Å². The molecule has 0 saturated heterocycles. The van der Waals surface area contributed by atoms with Crippen LogP contribution in [0.4, 0.5) is 4.79 Å². The first-order valence-corrected chi connectivity index (χ1v) is 16.7. The molecule has 1 fully saturated rings. The summed E-state index contributed by atoms with van der Waals surface area (Å²) < 4.78 is 0. The maximum Gasteiger partial charge on any atom is 0.408 e. The Morgan fingerprint density at radius 1 is 1.07 bits per heavy atom. The standard InChI is InChI=1S/C36H55N5O5/c1-7-27(24(2)3)20-32(42)29(18-25-14-10-8-11-15-25)39-33(43)30(21-28-22-37-23-38-28)40-34(44)31(19-26-16-12-9-13-17-26)41(35(45)46)36(4,5)6/h7,9,12-13,16-17,22-25,27,29-32,42H,1,8,10-11,14-15,18-21H2,2-6H3,(H,37,38)(H,39,43)(H,40,44)(H,45,46)/t27-,29-,30-,31-,32+/m0/s1. The van der Waals surface area contributed by atoms with Crippen LogP contribution in [0.15, 0.2) is 55.5 Å². The number of hydrogen-bond acceptors (Lipinski definition) is 5. The smallest absolute Gasteiger partial charge is 0.408 e. The molecule has 3 amide bonds. The van der Waals surface area contributed by atoms with Crippen molar-refractivity contribution in [3.63, 3.8) is 0 Å². The number of aliphatic hydroxyl groups excluding tert-OH is 1. The van der Waals surface area contributed by atoms with E-state index in [0.29, 0.717) is 24.5 Å². The molecule has 1 heterocycles. The minimum Gasteiger partial charge on any atom is -0.465 e. The van der Waals surface area contributed by atoms with Crippen LogP contribution in [0.3, 0.4) is 0 Å². The molecule has 0 spiro atoms. The van der Waals surface area contributed by atoms with Gasteiger partial charge in [0.1, 0.15) is 12.1 Å². The summed E-state index contributed by atoms with van der Waals surface area (Å²) in [6.07, 6.45) is 9.90. The highest BCUT2D eigenvalue weighted by molar-refractivity contribution is 5.91. The average molecular weight is 638 g/mol. The summed E-state index contributed by atoms with van der Waals surface area (Å²) >= 11 is 0. The number of allylic oxidation sites excluding steroid dienone is 1. The summed E-state index contributed by atoms with van der Waals surface area (Å²) in [6, 6.07) is 6.60. The summed E-state index contributed by atoms with van der Waals surface area (Å²) in [6.45, 7) is 13.4. The molecule has 254 valence electrons. The Morgan fingerprint density at radius 3 is 2.28 bits per heavy atom. The Labute approximate surface area is 274 Å². The highest BCUT2D eigenvalue weighted by Crippen LogP contribution is 2.30. The Bertz CT molecular complexity index is 1240. The van der Waals surface area contributed by atoms with Crippen LogP contribution in [0.5, 0.6) is 0 Å². The summed E-state index contributed by atoms with van der Waals surface area (Å²) in [5, 5.41) is 27.8. The molecule has 46 heavy (non-hydrogen) atoms. The number of nitrogens with zero attached hydrogens (tertiary/aromatic N) is 2. The first kappa shape index (κ1) is 36.8. The van der Waals surface area contributed by atoms with Gasteiger partial charge in [-0.1, -0.05) is 82.4 Å². The number of aliphatic hydroxyl groups is 1. The van der Waals surface area contributed by atoms with Gasteiger partial charge in [0, 0.05) is 30.3 Å². The first-order valence-electron chi connectivity index (χ1n) is 16.7. The Balaban J connectivity index is 1.91. The minimum absolute atomic E-state index is 0.0828. The van der Waals surface area contributed by atoms with Crippen LogP contribution in [0.1, 0.15) is 90.8 Å². The molecule has 1 aromatic carbocycles. The number of aromatic nitrogens is 2. The zero-order valence-electron chi connectivity index (χ0n) is 28.2. The normalized spacial score (nSPS) is 17.4. The van der Waals surface area contributed by atoms with Crippen LogP contribution in [-0.4, -0.2) is 72.8 Å². The van der Waals surface area contributed by atoms with Gasteiger partial charge >= 0.3 is 6.09 Å². The van der Waals surface area contributed by atoms with Crippen molar-refractivity contribution in [2.24, 2.45) is 17.8 Å².